The Morgan fingerprint density at radius 1 is 0.821 bits per heavy atom. The van der Waals surface area contributed by atoms with Crippen LogP contribution in [-0.2, 0) is 70.8 Å². The molecule has 2 aliphatic heterocycles. The molecule has 23 heteroatoms. The van der Waals surface area contributed by atoms with Crippen molar-refractivity contribution < 1.29 is 62.8 Å². The third kappa shape index (κ3) is 15.7. The lowest BCUT2D eigenvalue weighted by atomic mass is 9.43. The number of imide groups is 1. The molecule has 0 radical (unpaired) electrons. The van der Waals surface area contributed by atoms with E-state index in [9.17, 15) is 53.4 Å². The van der Waals surface area contributed by atoms with Gasteiger partial charge in [-0.1, -0.05) is 87.1 Å². The van der Waals surface area contributed by atoms with Crippen LogP contribution < -0.4 is 15.5 Å². The number of ketones is 2. The molecule has 3 aromatic heterocycles. The van der Waals surface area contributed by atoms with Gasteiger partial charge in [-0.3, -0.25) is 48.5 Å². The van der Waals surface area contributed by atoms with Crippen molar-refractivity contribution >= 4 is 85.7 Å². The number of nitrogens with zero attached hydrogens (tertiary/aromatic N) is 7. The summed E-state index contributed by atoms with van der Waals surface area (Å²) in [5.74, 6) is -3.75. The summed E-state index contributed by atoms with van der Waals surface area (Å²) < 4.78 is 15.7. The number of pyridine rings is 1. The highest BCUT2D eigenvalue weighted by Crippen LogP contribution is 2.68. The van der Waals surface area contributed by atoms with Crippen LogP contribution in [0, 0.1) is 35.5 Å². The molecule has 4 aliphatic carbocycles. The molecule has 5 heterocycles. The third-order valence-corrected chi connectivity index (χ3v) is 20.7. The predicted octanol–water partition coefficient (Wildman–Crippen LogP) is 10.6. The van der Waals surface area contributed by atoms with Crippen molar-refractivity contribution in [3.05, 3.63) is 136 Å². The molecule has 6 aromatic rings. The summed E-state index contributed by atoms with van der Waals surface area (Å²) in [5, 5.41) is 31.6. The lowest BCUT2D eigenvalue weighted by Crippen LogP contribution is -2.61. The molecule has 3 aromatic carbocycles. The first-order valence-electron chi connectivity index (χ1n) is 33.0. The summed E-state index contributed by atoms with van der Waals surface area (Å²) in [6.07, 6.45) is 11.5. The molecule has 12 rings (SSSR count). The van der Waals surface area contributed by atoms with E-state index in [4.69, 9.17) is 19.6 Å². The summed E-state index contributed by atoms with van der Waals surface area (Å²) in [4.78, 5) is 130. The smallest absolute Gasteiger partial charge is 0.410 e. The molecule has 4 saturated carbocycles. The molecule has 4 N–H and O–H groups in total. The maximum Gasteiger partial charge on any atom is 0.410 e. The van der Waals surface area contributed by atoms with Gasteiger partial charge in [0.1, 0.15) is 18.2 Å². The van der Waals surface area contributed by atoms with Crippen LogP contribution in [0.5, 0.6) is 0 Å². The summed E-state index contributed by atoms with van der Waals surface area (Å²) in [5.41, 5.74) is 5.73. The number of unbranched alkanes of at least 4 members (excludes halogenated alkanes) is 2. The zero-order chi connectivity index (χ0) is 67.3. The number of para-hydroxylation sites is 1. The number of fused-ring (bicyclic) bond motifs is 2. The Labute approximate surface area is 555 Å². The lowest BCUT2D eigenvalue weighted by Gasteiger charge is -2.65. The molecule has 0 saturated heterocycles. The van der Waals surface area contributed by atoms with E-state index < -0.39 is 35.6 Å². The Bertz CT molecular complexity index is 3940. The minimum Gasteiger partial charge on any atom is -0.481 e. The molecule has 0 spiro atoms. The Morgan fingerprint density at radius 3 is 2.33 bits per heavy atom. The number of aromatic carboxylic acids is 1. The topological polar surface area (TPSA) is 290 Å². The van der Waals surface area contributed by atoms with Gasteiger partial charge in [-0.2, -0.15) is 5.10 Å². The molecule has 95 heavy (non-hydrogen) atoms. The fourth-order valence-corrected chi connectivity index (χ4v) is 16.6. The van der Waals surface area contributed by atoms with Gasteiger partial charge < -0.3 is 34.8 Å². The van der Waals surface area contributed by atoms with E-state index in [1.807, 2.05) is 72.8 Å². The van der Waals surface area contributed by atoms with Gasteiger partial charge in [0.15, 0.2) is 16.6 Å². The van der Waals surface area contributed by atoms with Crippen molar-refractivity contribution in [2.45, 2.75) is 156 Å². The summed E-state index contributed by atoms with van der Waals surface area (Å²) >= 11 is 1.41. The quantitative estimate of drug-likeness (QED) is 0.0241. The number of aliphatic carboxylic acids is 1. The normalized spacial score (nSPS) is 20.8. The van der Waals surface area contributed by atoms with Crippen LogP contribution in [0.3, 0.4) is 0 Å². The summed E-state index contributed by atoms with van der Waals surface area (Å²) in [6, 6.07) is 23.2. The average molecular weight is 1310 g/mol. The molecule has 4 unspecified atom stereocenters. The second kappa shape index (κ2) is 28.6. The van der Waals surface area contributed by atoms with E-state index >= 15 is 0 Å². The van der Waals surface area contributed by atoms with E-state index in [0.29, 0.717) is 96.5 Å². The fourth-order valence-electron chi connectivity index (χ4n) is 15.7. The number of ether oxygens (including phenoxy) is 2. The second-order valence-corrected chi connectivity index (χ2v) is 28.5. The SMILES string of the molecule is Cc1c(-c2ccc(N3CCc4cccc(C(=O)Nc5nc6ccccc6s5)c4C3)nc2C(=O)O)cnn1CC12CC3CC(C)(C1)CC(OCCN(CCC(=O)O)C(=O)OCc1ccc(CC(=O)[C@H](C)NC(=O)[C@@H](CC(=O)CCCCCN4C(=O)C=CC4=O)C(C)C)cc1)(C3)C2. The van der Waals surface area contributed by atoms with Crippen LogP contribution in [-0.4, -0.2) is 137 Å². The van der Waals surface area contributed by atoms with Crippen molar-refractivity contribution in [2.24, 2.45) is 28.6 Å². The molecule has 6 atom stereocenters. The first-order chi connectivity index (χ1) is 45.4. The Balaban J connectivity index is 0.667. The molecule has 6 aliphatic rings. The van der Waals surface area contributed by atoms with E-state index in [1.54, 1.807) is 49.5 Å². The highest BCUT2D eigenvalue weighted by molar-refractivity contribution is 7.22. The molecule has 4 fully saturated rings. The Morgan fingerprint density at radius 2 is 1.59 bits per heavy atom. The predicted molar refractivity (Wildman–Crippen MR) is 355 cm³/mol. The van der Waals surface area contributed by atoms with Crippen molar-refractivity contribution in [3.63, 3.8) is 0 Å². The zero-order valence-corrected chi connectivity index (χ0v) is 55.3. The third-order valence-electron chi connectivity index (χ3n) is 19.8. The number of aromatic nitrogens is 4. The van der Waals surface area contributed by atoms with E-state index in [2.05, 4.69) is 22.5 Å². The highest BCUT2D eigenvalue weighted by Gasteiger charge is 2.62. The van der Waals surface area contributed by atoms with Crippen molar-refractivity contribution in [1.82, 2.24) is 34.9 Å². The van der Waals surface area contributed by atoms with Gasteiger partial charge in [-0.15, -0.1) is 0 Å². The lowest BCUT2D eigenvalue weighted by molar-refractivity contribution is -0.223. The Kier molecular flexibility index (Phi) is 20.3. The van der Waals surface area contributed by atoms with Crippen LogP contribution in [0.15, 0.2) is 97.2 Å². The maximum atomic E-state index is 13.8. The molecular weight excluding hydrogens is 1230 g/mol. The minimum absolute atomic E-state index is 0.0145. The number of carboxylic acids is 2. The van der Waals surface area contributed by atoms with Crippen LogP contribution in [0.1, 0.15) is 154 Å². The van der Waals surface area contributed by atoms with Crippen molar-refractivity contribution in [2.75, 3.05) is 43.0 Å². The average Bonchev–Trinajstić information content (AvgIpc) is 0.904. The number of hydrogen-bond acceptors (Lipinski definition) is 16. The second-order valence-electron chi connectivity index (χ2n) is 27.5. The monoisotopic (exact) mass is 1310 g/mol. The number of nitrogens with one attached hydrogen (secondary N) is 2. The van der Waals surface area contributed by atoms with Gasteiger partial charge in [-0.25, -0.2) is 19.6 Å². The summed E-state index contributed by atoms with van der Waals surface area (Å²) in [6.45, 7) is 11.5. The number of hydrogen-bond donors (Lipinski definition) is 4. The highest BCUT2D eigenvalue weighted by atomic mass is 32.1. The molecule has 5 amide bonds. The van der Waals surface area contributed by atoms with Crippen LogP contribution >= 0.6 is 11.3 Å². The van der Waals surface area contributed by atoms with Gasteiger partial charge in [0.25, 0.3) is 17.7 Å². The first kappa shape index (κ1) is 67.5. The number of rotatable bonds is 30. The van der Waals surface area contributed by atoms with Crippen LogP contribution in [0.2, 0.25) is 0 Å². The first-order valence-corrected chi connectivity index (χ1v) is 33.8. The van der Waals surface area contributed by atoms with Gasteiger partial charge in [0.05, 0.1) is 41.1 Å². The van der Waals surface area contributed by atoms with Gasteiger partial charge in [0.2, 0.25) is 5.91 Å². The van der Waals surface area contributed by atoms with E-state index in [0.717, 1.165) is 65.6 Å². The molecule has 4 bridgehead atoms. The number of Topliss-reactive ketones (excluding diaryl/α,β-unsaturated/α-hetero) is 2. The van der Waals surface area contributed by atoms with Gasteiger partial charge in [-0.05, 0) is 147 Å². The van der Waals surface area contributed by atoms with E-state index in [-0.39, 0.29) is 110 Å². The number of amides is 5. The number of benzene rings is 3. The molecule has 500 valence electrons. The van der Waals surface area contributed by atoms with Gasteiger partial charge >= 0.3 is 18.0 Å². The van der Waals surface area contributed by atoms with Crippen LogP contribution in [0.25, 0.3) is 21.3 Å². The number of thiazole rings is 1. The zero-order valence-electron chi connectivity index (χ0n) is 54.5. The molecular formula is C72H83N9O13S. The number of carboxylic acid groups (broad SMARTS) is 2. The number of carbonyl (C=O) groups excluding carboxylic acids is 7. The maximum absolute atomic E-state index is 13.8. The van der Waals surface area contributed by atoms with Crippen molar-refractivity contribution in [1.29, 1.82) is 0 Å². The Hall–Kier alpha value is -8.96. The van der Waals surface area contributed by atoms with Gasteiger partial charge in [0, 0.05) is 99.0 Å². The van der Waals surface area contributed by atoms with Crippen LogP contribution in [0.4, 0.5) is 15.7 Å². The fraction of sp³-hybridized carbons (Fsp3) is 0.472. The number of carbonyl (C=O) groups is 9. The van der Waals surface area contributed by atoms with Crippen molar-refractivity contribution in [3.8, 4) is 11.1 Å². The van der Waals surface area contributed by atoms with E-state index in [1.165, 1.54) is 33.3 Å². The summed E-state index contributed by atoms with van der Waals surface area (Å²) in [7, 11) is 0. The number of anilines is 2. The molecule has 22 nitrogen and oxygen atoms in total. The largest absolute Gasteiger partial charge is 0.481 e. The minimum atomic E-state index is -1.17. The standard InChI is InChI=1S/C72H83N9O13S/c1-44(2)54(33-51(82)13-7-6-10-27-80-61(84)23-24-62(80)85)66(89)74-45(3)58(83)32-47-17-19-48(20-18-47)39-93-69(92)78(29-26-63(86)87)30-31-94-72-36-49-34-70(5,41-72)40-71(35-49,42-72)43-81-46(4)55(37-73-81)52-21-22-60(76-64(52)67(90)91)79-28-25-50-12-11-14-53(56(50)38-79)65(88)77-68-75-57-15-8-9-16-59(57)95-68/h8-9,11-12,14-24,37,44-45,49,54H,6-7,10,13,25-36,38-43H2,1-5H3,(H,74,89)(H,86,87)(H,90,91)(H,75,77,88)/t45-,49?,54-,70?,71?,72?/m0/s1.